The minimum Gasteiger partial charge on any atom is -0.300 e. The van der Waals surface area contributed by atoms with Gasteiger partial charge in [0.25, 0.3) is 0 Å². The van der Waals surface area contributed by atoms with Crippen LogP contribution in [0.3, 0.4) is 0 Å². The Morgan fingerprint density at radius 3 is 2.87 bits per heavy atom. The Morgan fingerprint density at radius 1 is 1.17 bits per heavy atom. The summed E-state index contributed by atoms with van der Waals surface area (Å²) in [5.74, 6) is 1.64. The molecule has 0 atom stereocenters. The van der Waals surface area contributed by atoms with Gasteiger partial charge in [-0.25, -0.2) is 9.97 Å². The molecule has 4 aromatic rings. The molecule has 0 bridgehead atoms. The summed E-state index contributed by atoms with van der Waals surface area (Å²) in [6.45, 7) is 2.06. The van der Waals surface area contributed by atoms with Crippen molar-refractivity contribution in [3.63, 3.8) is 0 Å². The van der Waals surface area contributed by atoms with Crippen LogP contribution in [0.25, 0.3) is 21.6 Å². The zero-order chi connectivity index (χ0) is 20.5. The van der Waals surface area contributed by atoms with Crippen molar-refractivity contribution in [2.75, 3.05) is 11.1 Å². The second-order valence-electron chi connectivity index (χ2n) is 6.96. The molecule has 0 fully saturated rings. The average molecular weight is 454 g/mol. The molecule has 1 N–H and O–H groups in total. The Bertz CT molecular complexity index is 1220. The predicted molar refractivity (Wildman–Crippen MR) is 124 cm³/mol. The third kappa shape index (κ3) is 3.84. The van der Waals surface area contributed by atoms with Gasteiger partial charge in [-0.3, -0.25) is 10.1 Å². The maximum atomic E-state index is 12.6. The van der Waals surface area contributed by atoms with Gasteiger partial charge in [0.1, 0.15) is 15.7 Å². The number of hydrogen-bond donors (Lipinski definition) is 1. The number of thiophene rings is 1. The van der Waals surface area contributed by atoms with Crippen molar-refractivity contribution in [2.24, 2.45) is 0 Å². The number of carbonyl (C=O) groups is 1. The molecule has 1 aliphatic carbocycles. The Morgan fingerprint density at radius 2 is 2.03 bits per heavy atom. The molecule has 152 valence electrons. The molecule has 0 saturated carbocycles. The van der Waals surface area contributed by atoms with Gasteiger partial charge < -0.3 is 0 Å². The predicted octanol–water partition coefficient (Wildman–Crippen LogP) is 4.99. The van der Waals surface area contributed by atoms with Crippen LogP contribution in [0.15, 0.2) is 35.4 Å². The van der Waals surface area contributed by atoms with E-state index in [1.807, 2.05) is 30.3 Å². The van der Waals surface area contributed by atoms with Crippen molar-refractivity contribution in [2.45, 2.75) is 37.6 Å². The molecule has 0 radical (unpaired) electrons. The summed E-state index contributed by atoms with van der Waals surface area (Å²) in [7, 11) is 0. The molecule has 0 saturated heterocycles. The first-order chi connectivity index (χ1) is 14.7. The van der Waals surface area contributed by atoms with Crippen LogP contribution in [0, 0.1) is 0 Å². The molecule has 0 aliphatic heterocycles. The largest absolute Gasteiger partial charge is 0.300 e. The topological polar surface area (TPSA) is 80.7 Å². The first kappa shape index (κ1) is 19.6. The molecule has 1 amide bonds. The lowest BCUT2D eigenvalue weighted by Crippen LogP contribution is -2.14. The number of fused-ring (bicyclic) bond motifs is 3. The van der Waals surface area contributed by atoms with Crippen molar-refractivity contribution in [1.82, 2.24) is 19.3 Å². The second kappa shape index (κ2) is 8.41. The standard InChI is InChI=1S/C21H19N5OS3/c1-2-15-22-19(17-13-9-6-10-14(13)29-20(17)23-15)28-11-16(27)24-21-25-18(26-30-21)12-7-4-3-5-8-12/h3-5,7-8H,2,6,9-11H2,1H3,(H,24,25,26,27). The van der Waals surface area contributed by atoms with Crippen molar-refractivity contribution in [3.8, 4) is 11.4 Å². The molecular weight excluding hydrogens is 434 g/mol. The number of nitrogens with zero attached hydrogens (tertiary/aromatic N) is 4. The van der Waals surface area contributed by atoms with Crippen LogP contribution in [-0.2, 0) is 24.1 Å². The van der Waals surface area contributed by atoms with Gasteiger partial charge in [-0.15, -0.1) is 11.3 Å². The average Bonchev–Trinajstić information content (AvgIpc) is 3.48. The maximum Gasteiger partial charge on any atom is 0.236 e. The smallest absolute Gasteiger partial charge is 0.236 e. The lowest BCUT2D eigenvalue weighted by molar-refractivity contribution is -0.113. The fourth-order valence-electron chi connectivity index (χ4n) is 3.54. The van der Waals surface area contributed by atoms with Crippen LogP contribution in [0.2, 0.25) is 0 Å². The van der Waals surface area contributed by atoms with Gasteiger partial charge in [0.2, 0.25) is 11.0 Å². The van der Waals surface area contributed by atoms with E-state index in [0.29, 0.717) is 11.0 Å². The monoisotopic (exact) mass is 453 g/mol. The quantitative estimate of drug-likeness (QED) is 0.327. The molecular formula is C21H19N5OS3. The SMILES string of the molecule is CCc1nc(SCC(=O)Nc2nc(-c3ccccc3)ns2)c2c3c(sc2n1)CCC3. The molecule has 3 heterocycles. The van der Waals surface area contributed by atoms with Crippen LogP contribution in [-0.4, -0.2) is 31.0 Å². The molecule has 5 rings (SSSR count). The molecule has 1 aliphatic rings. The number of anilines is 1. The second-order valence-corrected chi connectivity index (χ2v) is 9.76. The van der Waals surface area contributed by atoms with Gasteiger partial charge in [-0.05, 0) is 24.8 Å². The number of aryl methyl sites for hydroxylation is 3. The van der Waals surface area contributed by atoms with E-state index in [-0.39, 0.29) is 11.7 Å². The van der Waals surface area contributed by atoms with Gasteiger partial charge in [0.15, 0.2) is 5.82 Å². The Hall–Kier alpha value is -2.36. The van der Waals surface area contributed by atoms with Crippen molar-refractivity contribution in [1.29, 1.82) is 0 Å². The third-order valence-electron chi connectivity index (χ3n) is 4.94. The summed E-state index contributed by atoms with van der Waals surface area (Å²) in [6.07, 6.45) is 4.18. The number of nitrogens with one attached hydrogen (secondary N) is 1. The molecule has 9 heteroatoms. The van der Waals surface area contributed by atoms with Crippen molar-refractivity contribution < 1.29 is 4.79 Å². The van der Waals surface area contributed by atoms with Gasteiger partial charge in [-0.2, -0.15) is 9.36 Å². The van der Waals surface area contributed by atoms with Gasteiger partial charge >= 0.3 is 0 Å². The molecule has 3 aromatic heterocycles. The number of carbonyl (C=O) groups excluding carboxylic acids is 1. The summed E-state index contributed by atoms with van der Waals surface area (Å²) in [6, 6.07) is 9.74. The fraction of sp³-hybridized carbons (Fsp3) is 0.286. The highest BCUT2D eigenvalue weighted by atomic mass is 32.2. The first-order valence-corrected chi connectivity index (χ1v) is 12.4. The van der Waals surface area contributed by atoms with Crippen LogP contribution >= 0.6 is 34.6 Å². The highest BCUT2D eigenvalue weighted by Crippen LogP contribution is 2.40. The van der Waals surface area contributed by atoms with E-state index in [0.717, 1.165) is 45.9 Å². The number of hydrogen-bond acceptors (Lipinski definition) is 8. The first-order valence-electron chi connectivity index (χ1n) is 9.84. The minimum absolute atomic E-state index is 0.104. The summed E-state index contributed by atoms with van der Waals surface area (Å²) >= 11 is 4.46. The van der Waals surface area contributed by atoms with Crippen molar-refractivity contribution >= 4 is 55.9 Å². The molecule has 0 unspecified atom stereocenters. The molecule has 6 nitrogen and oxygen atoms in total. The molecule has 1 aromatic carbocycles. The van der Waals surface area contributed by atoms with Gasteiger partial charge in [0.05, 0.1) is 5.75 Å². The lowest BCUT2D eigenvalue weighted by atomic mass is 10.2. The molecule has 30 heavy (non-hydrogen) atoms. The zero-order valence-corrected chi connectivity index (χ0v) is 18.8. The van der Waals surface area contributed by atoms with Gasteiger partial charge in [0, 0.05) is 33.8 Å². The van der Waals surface area contributed by atoms with Crippen LogP contribution < -0.4 is 5.32 Å². The maximum absolute atomic E-state index is 12.6. The van der Waals surface area contributed by atoms with E-state index in [2.05, 4.69) is 21.6 Å². The minimum atomic E-state index is -0.104. The van der Waals surface area contributed by atoms with Crippen LogP contribution in [0.5, 0.6) is 0 Å². The number of rotatable bonds is 6. The summed E-state index contributed by atoms with van der Waals surface area (Å²) in [5.41, 5.74) is 2.32. The molecule has 0 spiro atoms. The normalized spacial score (nSPS) is 13.0. The highest BCUT2D eigenvalue weighted by Gasteiger charge is 2.23. The Balaban J connectivity index is 1.31. The zero-order valence-electron chi connectivity index (χ0n) is 16.3. The lowest BCUT2D eigenvalue weighted by Gasteiger charge is -2.06. The third-order valence-corrected chi connectivity index (χ3v) is 7.73. The summed E-state index contributed by atoms with van der Waals surface area (Å²) in [4.78, 5) is 29.0. The summed E-state index contributed by atoms with van der Waals surface area (Å²) < 4.78 is 4.34. The Kier molecular flexibility index (Phi) is 5.49. The number of thioether (sulfide) groups is 1. The van der Waals surface area contributed by atoms with Gasteiger partial charge in [-0.1, -0.05) is 49.0 Å². The Labute approximate surface area is 186 Å². The van der Waals surface area contributed by atoms with E-state index >= 15 is 0 Å². The number of amides is 1. The summed E-state index contributed by atoms with van der Waals surface area (Å²) in [5, 5.41) is 5.46. The van der Waals surface area contributed by atoms with Crippen LogP contribution in [0.4, 0.5) is 5.13 Å². The number of benzene rings is 1. The van der Waals surface area contributed by atoms with E-state index in [9.17, 15) is 4.79 Å². The highest BCUT2D eigenvalue weighted by molar-refractivity contribution is 8.00. The van der Waals surface area contributed by atoms with E-state index in [4.69, 9.17) is 9.97 Å². The number of aromatic nitrogens is 4. The van der Waals surface area contributed by atoms with E-state index < -0.39 is 0 Å². The van der Waals surface area contributed by atoms with E-state index in [1.165, 1.54) is 40.2 Å². The van der Waals surface area contributed by atoms with Crippen molar-refractivity contribution in [3.05, 3.63) is 46.6 Å². The van der Waals surface area contributed by atoms with E-state index in [1.54, 1.807) is 11.3 Å². The fourth-order valence-corrected chi connectivity index (χ4v) is 6.36. The van der Waals surface area contributed by atoms with Crippen LogP contribution in [0.1, 0.15) is 29.6 Å².